The Hall–Kier alpha value is -0.650. The van der Waals surface area contributed by atoms with Crippen LogP contribution in [0.1, 0.15) is 6.42 Å². The molecule has 1 aliphatic heterocycles. The summed E-state index contributed by atoms with van der Waals surface area (Å²) < 4.78 is 10.5. The quantitative estimate of drug-likeness (QED) is 0.627. The van der Waals surface area contributed by atoms with Crippen LogP contribution in [0, 0.1) is 0 Å². The molecule has 1 fully saturated rings. The number of carboxylic acid groups (broad SMARTS) is 1. The van der Waals surface area contributed by atoms with E-state index < -0.39 is 5.97 Å². The number of hydrogen-bond acceptors (Lipinski definition) is 4. The predicted octanol–water partition coefficient (Wildman–Crippen LogP) is -0.192. The topological polar surface area (TPSA) is 59.0 Å². The molecule has 0 aliphatic carbocycles. The molecular weight excluding hydrogens is 186 g/mol. The second kappa shape index (κ2) is 5.95. The molecule has 1 aliphatic rings. The highest BCUT2D eigenvalue weighted by molar-refractivity contribution is 5.66. The maximum atomic E-state index is 10.2. The summed E-state index contributed by atoms with van der Waals surface area (Å²) in [6, 6.07) is 0.262. The van der Waals surface area contributed by atoms with Gasteiger partial charge in [0, 0.05) is 6.54 Å². The van der Waals surface area contributed by atoms with Gasteiger partial charge in [-0.15, -0.1) is 0 Å². The van der Waals surface area contributed by atoms with Gasteiger partial charge in [-0.05, 0) is 7.05 Å². The van der Waals surface area contributed by atoms with Crippen molar-refractivity contribution in [1.82, 2.24) is 4.90 Å². The molecule has 1 unspecified atom stereocenters. The van der Waals surface area contributed by atoms with Gasteiger partial charge in [-0.2, -0.15) is 0 Å². The number of carbonyl (C=O) groups is 1. The van der Waals surface area contributed by atoms with Crippen LogP contribution < -0.4 is 0 Å². The fourth-order valence-corrected chi connectivity index (χ4v) is 1.29. The van der Waals surface area contributed by atoms with Gasteiger partial charge in [0.2, 0.25) is 0 Å². The summed E-state index contributed by atoms with van der Waals surface area (Å²) in [6.07, 6.45) is 0.0668. The van der Waals surface area contributed by atoms with Crippen LogP contribution in [0.15, 0.2) is 0 Å². The second-order valence-electron chi connectivity index (χ2n) is 3.43. The van der Waals surface area contributed by atoms with E-state index >= 15 is 0 Å². The van der Waals surface area contributed by atoms with Crippen LogP contribution in [-0.4, -0.2) is 62.0 Å². The maximum Gasteiger partial charge on any atom is 0.305 e. The molecular formula is C9H17NO4. The zero-order valence-corrected chi connectivity index (χ0v) is 8.44. The molecule has 1 rings (SSSR count). The molecule has 1 atom stereocenters. The number of carboxylic acids is 1. The first-order valence-corrected chi connectivity index (χ1v) is 4.77. The predicted molar refractivity (Wildman–Crippen MR) is 50.3 cm³/mol. The SMILES string of the molecule is CN1CCOCC1COCCC(=O)O. The van der Waals surface area contributed by atoms with E-state index in [2.05, 4.69) is 4.90 Å². The van der Waals surface area contributed by atoms with Gasteiger partial charge in [-0.1, -0.05) is 0 Å². The molecule has 82 valence electrons. The number of aliphatic carboxylic acids is 1. The van der Waals surface area contributed by atoms with Gasteiger partial charge >= 0.3 is 5.97 Å². The lowest BCUT2D eigenvalue weighted by atomic mass is 10.2. The van der Waals surface area contributed by atoms with Crippen molar-refractivity contribution >= 4 is 5.97 Å². The number of likely N-dealkylation sites (N-methyl/N-ethyl adjacent to an activating group) is 1. The zero-order valence-electron chi connectivity index (χ0n) is 8.44. The molecule has 0 saturated carbocycles. The van der Waals surface area contributed by atoms with E-state index in [0.717, 1.165) is 13.2 Å². The Bertz CT molecular complexity index is 186. The third kappa shape index (κ3) is 4.04. The smallest absolute Gasteiger partial charge is 0.305 e. The Labute approximate surface area is 83.6 Å². The van der Waals surface area contributed by atoms with Crippen molar-refractivity contribution < 1.29 is 19.4 Å². The number of hydrogen-bond donors (Lipinski definition) is 1. The molecule has 5 heteroatoms. The minimum Gasteiger partial charge on any atom is -0.481 e. The fraction of sp³-hybridized carbons (Fsp3) is 0.889. The highest BCUT2D eigenvalue weighted by Gasteiger charge is 2.19. The van der Waals surface area contributed by atoms with E-state index in [9.17, 15) is 4.79 Å². The molecule has 0 aromatic rings. The molecule has 0 aromatic heterocycles. The van der Waals surface area contributed by atoms with E-state index in [1.807, 2.05) is 7.05 Å². The fourth-order valence-electron chi connectivity index (χ4n) is 1.29. The van der Waals surface area contributed by atoms with E-state index in [1.165, 1.54) is 0 Å². The van der Waals surface area contributed by atoms with Crippen molar-refractivity contribution in [3.8, 4) is 0 Å². The van der Waals surface area contributed by atoms with Crippen molar-refractivity contribution in [2.24, 2.45) is 0 Å². The molecule has 0 aromatic carbocycles. The lowest BCUT2D eigenvalue weighted by Gasteiger charge is -2.31. The Morgan fingerprint density at radius 2 is 2.50 bits per heavy atom. The van der Waals surface area contributed by atoms with Gasteiger partial charge in [0.15, 0.2) is 0 Å². The largest absolute Gasteiger partial charge is 0.481 e. The van der Waals surface area contributed by atoms with E-state index in [1.54, 1.807) is 0 Å². The van der Waals surface area contributed by atoms with Gasteiger partial charge in [0.05, 0.1) is 38.9 Å². The van der Waals surface area contributed by atoms with Crippen molar-refractivity contribution in [2.75, 3.05) is 40.0 Å². The third-order valence-electron chi connectivity index (χ3n) is 2.29. The Balaban J connectivity index is 2.07. The summed E-state index contributed by atoms with van der Waals surface area (Å²) in [5.74, 6) is -0.821. The molecule has 0 spiro atoms. The first kappa shape index (κ1) is 11.4. The normalized spacial score (nSPS) is 23.6. The molecule has 0 bridgehead atoms. The van der Waals surface area contributed by atoms with Crippen LogP contribution in [0.4, 0.5) is 0 Å². The minimum atomic E-state index is -0.821. The highest BCUT2D eigenvalue weighted by Crippen LogP contribution is 2.04. The maximum absolute atomic E-state index is 10.2. The molecule has 0 radical (unpaired) electrons. The summed E-state index contributed by atoms with van der Waals surface area (Å²) in [6.45, 7) is 3.17. The van der Waals surface area contributed by atoms with Crippen LogP contribution in [0.5, 0.6) is 0 Å². The summed E-state index contributed by atoms with van der Waals surface area (Å²) in [5, 5.41) is 8.39. The first-order valence-electron chi connectivity index (χ1n) is 4.77. The van der Waals surface area contributed by atoms with Gasteiger partial charge in [-0.25, -0.2) is 0 Å². The van der Waals surface area contributed by atoms with E-state index in [4.69, 9.17) is 14.6 Å². The molecule has 0 amide bonds. The molecule has 5 nitrogen and oxygen atoms in total. The summed E-state index contributed by atoms with van der Waals surface area (Å²) in [7, 11) is 2.02. The van der Waals surface area contributed by atoms with E-state index in [0.29, 0.717) is 13.2 Å². The molecule has 1 N–H and O–H groups in total. The standard InChI is InChI=1S/C9H17NO4/c1-10-3-5-14-7-8(10)6-13-4-2-9(11)12/h8H,2-7H2,1H3,(H,11,12). The van der Waals surface area contributed by atoms with Crippen LogP contribution in [0.25, 0.3) is 0 Å². The van der Waals surface area contributed by atoms with Gasteiger partial charge in [0.1, 0.15) is 0 Å². The summed E-state index contributed by atoms with van der Waals surface area (Å²) >= 11 is 0. The van der Waals surface area contributed by atoms with Crippen LogP contribution in [0.2, 0.25) is 0 Å². The van der Waals surface area contributed by atoms with Crippen LogP contribution in [-0.2, 0) is 14.3 Å². The number of ether oxygens (including phenoxy) is 2. The monoisotopic (exact) mass is 203 g/mol. The zero-order chi connectivity index (χ0) is 10.4. The minimum absolute atomic E-state index is 0.0668. The van der Waals surface area contributed by atoms with Gasteiger partial charge in [-0.3, -0.25) is 9.69 Å². The Morgan fingerprint density at radius 3 is 3.14 bits per heavy atom. The summed E-state index contributed by atoms with van der Waals surface area (Å²) in [5.41, 5.74) is 0. The van der Waals surface area contributed by atoms with Gasteiger partial charge < -0.3 is 14.6 Å². The van der Waals surface area contributed by atoms with Crippen LogP contribution in [0.3, 0.4) is 0 Å². The average Bonchev–Trinajstić information content (AvgIpc) is 2.15. The second-order valence-corrected chi connectivity index (χ2v) is 3.43. The van der Waals surface area contributed by atoms with Crippen molar-refractivity contribution in [3.63, 3.8) is 0 Å². The molecule has 1 heterocycles. The Morgan fingerprint density at radius 1 is 1.71 bits per heavy atom. The van der Waals surface area contributed by atoms with Crippen LogP contribution >= 0.6 is 0 Å². The lowest BCUT2D eigenvalue weighted by molar-refractivity contribution is -0.138. The van der Waals surface area contributed by atoms with E-state index in [-0.39, 0.29) is 19.1 Å². The third-order valence-corrected chi connectivity index (χ3v) is 2.29. The lowest BCUT2D eigenvalue weighted by Crippen LogP contribution is -2.45. The first-order chi connectivity index (χ1) is 6.70. The summed E-state index contributed by atoms with van der Waals surface area (Å²) in [4.78, 5) is 12.4. The molecule has 14 heavy (non-hydrogen) atoms. The number of morpholine rings is 1. The molecule has 1 saturated heterocycles. The highest BCUT2D eigenvalue weighted by atomic mass is 16.5. The number of nitrogens with zero attached hydrogens (tertiary/aromatic N) is 1. The average molecular weight is 203 g/mol. The van der Waals surface area contributed by atoms with Gasteiger partial charge in [0.25, 0.3) is 0 Å². The van der Waals surface area contributed by atoms with Crippen molar-refractivity contribution in [3.05, 3.63) is 0 Å². The van der Waals surface area contributed by atoms with Crippen molar-refractivity contribution in [1.29, 1.82) is 0 Å². The number of rotatable bonds is 5. The van der Waals surface area contributed by atoms with Crippen molar-refractivity contribution in [2.45, 2.75) is 12.5 Å². The Kier molecular flexibility index (Phi) is 4.86.